The normalized spacial score (nSPS) is 12.0. The molecule has 0 aliphatic heterocycles. The molecule has 4 rings (SSSR count). The summed E-state index contributed by atoms with van der Waals surface area (Å²) in [5.74, 6) is -1.44. The highest BCUT2D eigenvalue weighted by atomic mass is 35.5. The number of hydrogen-bond acceptors (Lipinski definition) is 4. The van der Waals surface area contributed by atoms with Crippen LogP contribution in [0, 0.1) is 5.82 Å². The molecular formula is C33H33ClFN3O4S. The first-order valence-corrected chi connectivity index (χ1v) is 15.6. The predicted molar refractivity (Wildman–Crippen MR) is 167 cm³/mol. The van der Waals surface area contributed by atoms with Crippen LogP contribution in [0.15, 0.2) is 114 Å². The number of carbonyl (C=O) groups excluding carboxylic acids is 2. The Bertz CT molecular complexity index is 1620. The van der Waals surface area contributed by atoms with Crippen LogP contribution in [0.5, 0.6) is 0 Å². The maximum Gasteiger partial charge on any atom is 0.264 e. The Labute approximate surface area is 257 Å². The van der Waals surface area contributed by atoms with Gasteiger partial charge >= 0.3 is 0 Å². The van der Waals surface area contributed by atoms with Gasteiger partial charge in [-0.25, -0.2) is 12.8 Å². The van der Waals surface area contributed by atoms with E-state index in [0.717, 1.165) is 9.87 Å². The molecule has 2 amide bonds. The maximum absolute atomic E-state index is 14.3. The quantitative estimate of drug-likeness (QED) is 0.215. The summed E-state index contributed by atoms with van der Waals surface area (Å²) in [6, 6.07) is 27.6. The van der Waals surface area contributed by atoms with Crippen molar-refractivity contribution < 1.29 is 22.4 Å². The smallest absolute Gasteiger partial charge is 0.264 e. The molecule has 1 atom stereocenters. The first-order chi connectivity index (χ1) is 20.5. The van der Waals surface area contributed by atoms with Gasteiger partial charge in [-0.2, -0.15) is 0 Å². The zero-order valence-corrected chi connectivity index (χ0v) is 25.4. The minimum Gasteiger partial charge on any atom is -0.352 e. The van der Waals surface area contributed by atoms with Gasteiger partial charge in [-0.05, 0) is 73.5 Å². The van der Waals surface area contributed by atoms with Crippen LogP contribution in [-0.2, 0) is 32.6 Å². The minimum absolute atomic E-state index is 0.00113. The third-order valence-electron chi connectivity index (χ3n) is 6.69. The Hall–Kier alpha value is -4.21. The Balaban J connectivity index is 1.79. The summed E-state index contributed by atoms with van der Waals surface area (Å²) < 4.78 is 42.6. The highest BCUT2D eigenvalue weighted by Crippen LogP contribution is 2.26. The third kappa shape index (κ3) is 8.43. The van der Waals surface area contributed by atoms with Crippen LogP contribution in [0.2, 0.25) is 5.02 Å². The minimum atomic E-state index is -4.21. The van der Waals surface area contributed by atoms with E-state index >= 15 is 0 Å². The molecule has 0 saturated carbocycles. The largest absolute Gasteiger partial charge is 0.352 e. The summed E-state index contributed by atoms with van der Waals surface area (Å²) >= 11 is 6.09. The van der Waals surface area contributed by atoms with Crippen molar-refractivity contribution in [1.82, 2.24) is 10.2 Å². The Morgan fingerprint density at radius 3 is 1.98 bits per heavy atom. The molecule has 4 aromatic rings. The van der Waals surface area contributed by atoms with Crippen LogP contribution in [-0.4, -0.2) is 43.8 Å². The molecule has 0 heterocycles. The Morgan fingerprint density at radius 2 is 1.40 bits per heavy atom. The Morgan fingerprint density at radius 1 is 0.814 bits per heavy atom. The van der Waals surface area contributed by atoms with E-state index in [1.807, 2.05) is 44.2 Å². The molecule has 0 aliphatic rings. The van der Waals surface area contributed by atoms with Gasteiger partial charge in [0.2, 0.25) is 11.8 Å². The van der Waals surface area contributed by atoms with Gasteiger partial charge in [0.25, 0.3) is 10.0 Å². The number of nitrogens with one attached hydrogen (secondary N) is 1. The number of halogens is 2. The number of benzene rings is 4. The number of hydrogen-bond donors (Lipinski definition) is 1. The fourth-order valence-electron chi connectivity index (χ4n) is 4.58. The average Bonchev–Trinajstić information content (AvgIpc) is 2.99. The monoisotopic (exact) mass is 621 g/mol. The van der Waals surface area contributed by atoms with Crippen molar-refractivity contribution in [2.24, 2.45) is 0 Å². The van der Waals surface area contributed by atoms with Gasteiger partial charge in [0.1, 0.15) is 18.4 Å². The lowest BCUT2D eigenvalue weighted by Crippen LogP contribution is -2.54. The van der Waals surface area contributed by atoms with Crippen LogP contribution >= 0.6 is 11.6 Å². The van der Waals surface area contributed by atoms with Crippen molar-refractivity contribution in [3.05, 3.63) is 131 Å². The van der Waals surface area contributed by atoms with E-state index in [9.17, 15) is 22.4 Å². The van der Waals surface area contributed by atoms with E-state index in [-0.39, 0.29) is 29.6 Å². The van der Waals surface area contributed by atoms with Gasteiger partial charge in [0, 0.05) is 24.0 Å². The summed E-state index contributed by atoms with van der Waals surface area (Å²) in [5, 5.41) is 3.30. The first-order valence-electron chi connectivity index (χ1n) is 13.8. The topological polar surface area (TPSA) is 86.8 Å². The third-order valence-corrected chi connectivity index (χ3v) is 8.73. The lowest BCUT2D eigenvalue weighted by molar-refractivity contribution is -0.140. The van der Waals surface area contributed by atoms with Crippen molar-refractivity contribution in [2.75, 3.05) is 10.8 Å². The second kappa shape index (κ2) is 14.3. The van der Waals surface area contributed by atoms with E-state index < -0.39 is 40.2 Å². The van der Waals surface area contributed by atoms with Crippen molar-refractivity contribution in [3.8, 4) is 0 Å². The van der Waals surface area contributed by atoms with Gasteiger partial charge in [0.15, 0.2) is 0 Å². The molecule has 10 heteroatoms. The first kappa shape index (κ1) is 31.7. The van der Waals surface area contributed by atoms with Gasteiger partial charge in [-0.1, -0.05) is 72.3 Å². The number of rotatable bonds is 12. The molecule has 0 spiro atoms. The van der Waals surface area contributed by atoms with Gasteiger partial charge in [-0.15, -0.1) is 0 Å². The lowest BCUT2D eigenvalue weighted by Gasteiger charge is -2.34. The number of sulfonamides is 1. The summed E-state index contributed by atoms with van der Waals surface area (Å²) in [6.07, 6.45) is 0.179. The summed E-state index contributed by atoms with van der Waals surface area (Å²) in [7, 11) is -4.21. The number of anilines is 1. The van der Waals surface area contributed by atoms with Crippen molar-refractivity contribution in [2.45, 2.75) is 43.8 Å². The second-order valence-electron chi connectivity index (χ2n) is 10.3. The predicted octanol–water partition coefficient (Wildman–Crippen LogP) is 5.84. The second-order valence-corrected chi connectivity index (χ2v) is 12.6. The van der Waals surface area contributed by atoms with Gasteiger partial charge < -0.3 is 10.2 Å². The summed E-state index contributed by atoms with van der Waals surface area (Å²) in [5.41, 5.74) is 1.62. The SMILES string of the molecule is CC(C)NC(=O)[C@H](Cc1ccccc1)N(Cc1ccc(F)cc1)C(=O)CN(c1ccc(Cl)cc1)S(=O)(=O)c1ccccc1. The van der Waals surface area contributed by atoms with Crippen molar-refractivity contribution in [3.63, 3.8) is 0 Å². The molecule has 0 unspecified atom stereocenters. The molecule has 0 aromatic heterocycles. The molecule has 4 aromatic carbocycles. The molecule has 7 nitrogen and oxygen atoms in total. The van der Waals surface area contributed by atoms with E-state index in [2.05, 4.69) is 5.32 Å². The number of amides is 2. The van der Waals surface area contributed by atoms with Crippen LogP contribution in [0.25, 0.3) is 0 Å². The number of carbonyl (C=O) groups is 2. The van der Waals surface area contributed by atoms with Crippen LogP contribution in [0.4, 0.5) is 10.1 Å². The zero-order chi connectivity index (χ0) is 31.0. The van der Waals surface area contributed by atoms with E-state index in [4.69, 9.17) is 11.6 Å². The maximum atomic E-state index is 14.3. The molecule has 0 radical (unpaired) electrons. The molecule has 0 aliphatic carbocycles. The lowest BCUT2D eigenvalue weighted by atomic mass is 10.0. The van der Waals surface area contributed by atoms with Crippen LogP contribution < -0.4 is 9.62 Å². The van der Waals surface area contributed by atoms with Gasteiger partial charge in [0.05, 0.1) is 10.6 Å². The Kier molecular flexibility index (Phi) is 10.6. The zero-order valence-electron chi connectivity index (χ0n) is 23.9. The van der Waals surface area contributed by atoms with E-state index in [1.165, 1.54) is 53.4 Å². The highest BCUT2D eigenvalue weighted by molar-refractivity contribution is 7.92. The summed E-state index contributed by atoms with van der Waals surface area (Å²) in [4.78, 5) is 29.3. The van der Waals surface area contributed by atoms with E-state index in [0.29, 0.717) is 10.6 Å². The van der Waals surface area contributed by atoms with Crippen LogP contribution in [0.1, 0.15) is 25.0 Å². The van der Waals surface area contributed by atoms with Gasteiger partial charge in [-0.3, -0.25) is 13.9 Å². The molecule has 0 bridgehead atoms. The summed E-state index contributed by atoms with van der Waals surface area (Å²) in [6.45, 7) is 2.99. The van der Waals surface area contributed by atoms with E-state index in [1.54, 1.807) is 30.3 Å². The average molecular weight is 622 g/mol. The standard InChI is InChI=1S/C33H33ClFN3O4S/c1-24(2)36-33(40)31(21-25-9-5-3-6-10-25)37(22-26-13-17-28(35)18-14-26)32(39)23-38(29-19-15-27(34)16-20-29)43(41,42)30-11-7-4-8-12-30/h3-20,24,31H,21-23H2,1-2H3,(H,36,40)/t31-/m0/s1. The fraction of sp³-hybridized carbons (Fsp3) is 0.212. The van der Waals surface area contributed by atoms with Crippen LogP contribution in [0.3, 0.4) is 0 Å². The highest BCUT2D eigenvalue weighted by Gasteiger charge is 2.34. The molecular weight excluding hydrogens is 589 g/mol. The molecule has 0 saturated heterocycles. The molecule has 0 fully saturated rings. The molecule has 43 heavy (non-hydrogen) atoms. The van der Waals surface area contributed by atoms with Crippen molar-refractivity contribution >= 4 is 39.1 Å². The molecule has 1 N–H and O–H groups in total. The van der Waals surface area contributed by atoms with Crippen molar-refractivity contribution in [1.29, 1.82) is 0 Å². The number of nitrogens with zero attached hydrogens (tertiary/aromatic N) is 2. The fourth-order valence-corrected chi connectivity index (χ4v) is 6.14. The molecule has 224 valence electrons.